The predicted molar refractivity (Wildman–Crippen MR) is 109 cm³/mol. The lowest BCUT2D eigenvalue weighted by atomic mass is 10.1. The van der Waals surface area contributed by atoms with Crippen LogP contribution in [0.3, 0.4) is 0 Å². The number of fused-ring (bicyclic) bond motifs is 1. The predicted octanol–water partition coefficient (Wildman–Crippen LogP) is 2.83. The summed E-state index contributed by atoms with van der Waals surface area (Å²) in [4.78, 5) is 35.7. The van der Waals surface area contributed by atoms with Crippen LogP contribution in [0.2, 0.25) is 0 Å². The Labute approximate surface area is 165 Å². The zero-order chi connectivity index (χ0) is 19.5. The Morgan fingerprint density at radius 1 is 1.07 bits per heavy atom. The molecule has 4 amide bonds. The lowest BCUT2D eigenvalue weighted by Gasteiger charge is -2.08. The zero-order valence-electron chi connectivity index (χ0n) is 15.0. The third-order valence-corrected chi connectivity index (χ3v) is 5.81. The average molecular weight is 393 g/mol. The van der Waals surface area contributed by atoms with Crippen LogP contribution >= 0.6 is 11.3 Å². The molecule has 7 heteroatoms. The van der Waals surface area contributed by atoms with Crippen LogP contribution in [-0.4, -0.2) is 30.4 Å². The highest BCUT2D eigenvalue weighted by atomic mass is 32.1. The van der Waals surface area contributed by atoms with Crippen molar-refractivity contribution in [2.75, 3.05) is 6.54 Å². The number of amides is 4. The van der Waals surface area contributed by atoms with Crippen LogP contribution < -0.4 is 16.0 Å². The Hall–Kier alpha value is -3.19. The van der Waals surface area contributed by atoms with Crippen molar-refractivity contribution in [3.63, 3.8) is 0 Å². The normalized spacial score (nSPS) is 16.1. The fraction of sp³-hybridized carbons (Fsp3) is 0.190. The fourth-order valence-corrected chi connectivity index (χ4v) is 4.23. The summed E-state index contributed by atoms with van der Waals surface area (Å²) in [6.45, 7) is 0.476. The Morgan fingerprint density at radius 2 is 1.86 bits per heavy atom. The summed E-state index contributed by atoms with van der Waals surface area (Å²) >= 11 is 1.77. The number of nitrogens with one attached hydrogen (secondary N) is 3. The van der Waals surface area contributed by atoms with Crippen molar-refractivity contribution in [1.29, 1.82) is 0 Å². The van der Waals surface area contributed by atoms with E-state index in [0.717, 1.165) is 5.56 Å². The van der Waals surface area contributed by atoms with Crippen molar-refractivity contribution >= 4 is 39.3 Å². The molecular weight excluding hydrogens is 374 g/mol. The van der Waals surface area contributed by atoms with Crippen molar-refractivity contribution in [3.05, 3.63) is 60.2 Å². The van der Waals surface area contributed by atoms with Crippen LogP contribution in [0.5, 0.6) is 0 Å². The third-order valence-electron chi connectivity index (χ3n) is 4.65. The molecule has 4 rings (SSSR count). The molecule has 3 N–H and O–H groups in total. The molecule has 1 saturated heterocycles. The van der Waals surface area contributed by atoms with Crippen molar-refractivity contribution < 1.29 is 14.4 Å². The van der Waals surface area contributed by atoms with E-state index in [0.29, 0.717) is 13.0 Å². The number of imide groups is 1. The number of urea groups is 1. The zero-order valence-corrected chi connectivity index (χ0v) is 15.8. The van der Waals surface area contributed by atoms with Gasteiger partial charge >= 0.3 is 6.03 Å². The van der Waals surface area contributed by atoms with Crippen LogP contribution in [0.1, 0.15) is 12.0 Å². The molecule has 1 atom stereocenters. The smallest absolute Gasteiger partial charge is 0.322 e. The van der Waals surface area contributed by atoms with Gasteiger partial charge in [-0.2, -0.15) is 0 Å². The number of carbonyl (C=O) groups is 3. The largest absolute Gasteiger partial charge is 0.356 e. The molecule has 1 aliphatic rings. The van der Waals surface area contributed by atoms with E-state index in [9.17, 15) is 14.4 Å². The van der Waals surface area contributed by atoms with Gasteiger partial charge in [0.25, 0.3) is 5.91 Å². The number of thiophene rings is 1. The summed E-state index contributed by atoms with van der Waals surface area (Å²) < 4.78 is 1.27. The maximum Gasteiger partial charge on any atom is 0.322 e. The average Bonchev–Trinajstić information content (AvgIpc) is 3.25. The molecule has 142 valence electrons. The number of rotatable bonds is 6. The lowest BCUT2D eigenvalue weighted by molar-refractivity contribution is -0.126. The van der Waals surface area contributed by atoms with Gasteiger partial charge in [0, 0.05) is 16.1 Å². The number of hydrogen-bond acceptors (Lipinski definition) is 4. The SMILES string of the molecule is O=C(CC1NC(=O)NC1=O)NCCc1ccc(-c2cc3ccccc3s2)cc1. The van der Waals surface area contributed by atoms with Crippen molar-refractivity contribution in [2.24, 2.45) is 0 Å². The van der Waals surface area contributed by atoms with Crippen LogP contribution in [0.4, 0.5) is 4.79 Å². The van der Waals surface area contributed by atoms with Gasteiger partial charge in [0.05, 0.1) is 6.42 Å². The van der Waals surface area contributed by atoms with Crippen molar-refractivity contribution in [2.45, 2.75) is 18.9 Å². The molecule has 0 aliphatic carbocycles. The molecule has 1 aliphatic heterocycles. The maximum atomic E-state index is 11.9. The molecule has 1 fully saturated rings. The second-order valence-electron chi connectivity index (χ2n) is 6.66. The second-order valence-corrected chi connectivity index (χ2v) is 7.75. The monoisotopic (exact) mass is 393 g/mol. The van der Waals surface area contributed by atoms with Gasteiger partial charge in [-0.25, -0.2) is 4.79 Å². The summed E-state index contributed by atoms with van der Waals surface area (Å²) in [5.74, 6) is -0.721. The second kappa shape index (κ2) is 7.82. The van der Waals surface area contributed by atoms with Gasteiger partial charge in [0.1, 0.15) is 6.04 Å². The minimum atomic E-state index is -0.784. The first-order valence-electron chi connectivity index (χ1n) is 9.04. The first-order chi connectivity index (χ1) is 13.6. The molecule has 28 heavy (non-hydrogen) atoms. The topological polar surface area (TPSA) is 87.3 Å². The standard InChI is InChI=1S/C21H19N3O3S/c25-19(12-16-20(26)24-21(27)23-16)22-10-9-13-5-7-14(8-6-13)18-11-15-3-1-2-4-17(15)28-18/h1-8,11,16H,9-10,12H2,(H,22,25)(H2,23,24,26,27). The van der Waals surface area contributed by atoms with E-state index in [4.69, 9.17) is 0 Å². The molecule has 2 aromatic carbocycles. The van der Waals surface area contributed by atoms with E-state index in [1.165, 1.54) is 20.5 Å². The van der Waals surface area contributed by atoms with E-state index in [1.807, 2.05) is 12.1 Å². The summed E-state index contributed by atoms with van der Waals surface area (Å²) in [6.07, 6.45) is 0.643. The van der Waals surface area contributed by atoms with E-state index >= 15 is 0 Å². The minimum absolute atomic E-state index is 0.0531. The summed E-state index contributed by atoms with van der Waals surface area (Å²) in [5.41, 5.74) is 2.30. The Morgan fingerprint density at radius 3 is 2.57 bits per heavy atom. The molecule has 3 aromatic rings. The number of hydrogen-bond donors (Lipinski definition) is 3. The molecule has 0 saturated carbocycles. The van der Waals surface area contributed by atoms with Crippen LogP contribution in [0, 0.1) is 0 Å². The molecule has 2 heterocycles. The number of benzene rings is 2. The van der Waals surface area contributed by atoms with Crippen LogP contribution in [0.15, 0.2) is 54.6 Å². The first-order valence-corrected chi connectivity index (χ1v) is 9.86. The van der Waals surface area contributed by atoms with Gasteiger partial charge in [-0.3, -0.25) is 14.9 Å². The Bertz CT molecular complexity index is 1010. The fourth-order valence-electron chi connectivity index (χ4n) is 3.17. The highest BCUT2D eigenvalue weighted by Crippen LogP contribution is 2.33. The van der Waals surface area contributed by atoms with Gasteiger partial charge in [0.15, 0.2) is 0 Å². The highest BCUT2D eigenvalue weighted by Gasteiger charge is 2.30. The quantitative estimate of drug-likeness (QED) is 0.563. The van der Waals surface area contributed by atoms with Gasteiger partial charge in [-0.15, -0.1) is 11.3 Å². The highest BCUT2D eigenvalue weighted by molar-refractivity contribution is 7.22. The summed E-state index contributed by atoms with van der Waals surface area (Å²) in [6, 6.07) is 17.5. The van der Waals surface area contributed by atoms with Gasteiger partial charge < -0.3 is 10.6 Å². The molecule has 0 bridgehead atoms. The van der Waals surface area contributed by atoms with Crippen molar-refractivity contribution in [3.8, 4) is 10.4 Å². The first kappa shape index (κ1) is 18.2. The van der Waals surface area contributed by atoms with E-state index < -0.39 is 18.0 Å². The van der Waals surface area contributed by atoms with Gasteiger partial charge in [-0.05, 0) is 35.1 Å². The third kappa shape index (κ3) is 4.04. The minimum Gasteiger partial charge on any atom is -0.356 e. The van der Waals surface area contributed by atoms with Gasteiger partial charge in [-0.1, -0.05) is 42.5 Å². The van der Waals surface area contributed by atoms with E-state index in [2.05, 4.69) is 58.4 Å². The maximum absolute atomic E-state index is 11.9. The summed E-state index contributed by atoms with van der Waals surface area (Å²) in [7, 11) is 0. The lowest BCUT2D eigenvalue weighted by Crippen LogP contribution is -2.36. The van der Waals surface area contributed by atoms with Crippen LogP contribution in [-0.2, 0) is 16.0 Å². The molecule has 1 aromatic heterocycles. The molecule has 0 radical (unpaired) electrons. The molecule has 1 unspecified atom stereocenters. The number of carbonyl (C=O) groups excluding carboxylic acids is 3. The van der Waals surface area contributed by atoms with Crippen molar-refractivity contribution in [1.82, 2.24) is 16.0 Å². The Kier molecular flexibility index (Phi) is 5.08. The summed E-state index contributed by atoms with van der Waals surface area (Å²) in [5, 5.41) is 8.57. The van der Waals surface area contributed by atoms with Crippen LogP contribution in [0.25, 0.3) is 20.5 Å². The molecule has 0 spiro atoms. The van der Waals surface area contributed by atoms with Gasteiger partial charge in [0.2, 0.25) is 5.91 Å². The van der Waals surface area contributed by atoms with E-state index in [-0.39, 0.29) is 12.3 Å². The Balaban J connectivity index is 1.29. The molecular formula is C21H19N3O3S. The molecule has 6 nitrogen and oxygen atoms in total. The van der Waals surface area contributed by atoms with E-state index in [1.54, 1.807) is 11.3 Å².